The molecule has 2 heteroatoms. The predicted molar refractivity (Wildman–Crippen MR) is 24.3 cm³/mol. The first-order valence-electron chi connectivity index (χ1n) is 2.28. The van der Waals surface area contributed by atoms with Crippen molar-refractivity contribution in [1.82, 2.24) is 0 Å². The van der Waals surface area contributed by atoms with Crippen LogP contribution in [0.15, 0.2) is 0 Å². The fraction of sp³-hybridized carbons (Fsp3) is 0.800. The first kappa shape index (κ1) is 4.61. The Labute approximate surface area is 42.4 Å². The van der Waals surface area contributed by atoms with Gasteiger partial charge in [0, 0.05) is 0 Å². The van der Waals surface area contributed by atoms with Gasteiger partial charge < -0.3 is 5.11 Å². The molecule has 1 N–H and O–H groups in total. The molecule has 2 nitrogen and oxygen atoms in total. The molecular weight excluding hydrogens is 90.1 g/mol. The van der Waals surface area contributed by atoms with E-state index in [-0.39, 0.29) is 11.5 Å². The first-order chi connectivity index (χ1) is 3.19. The van der Waals surface area contributed by atoms with Crippen molar-refractivity contribution in [2.75, 3.05) is 0 Å². The van der Waals surface area contributed by atoms with Gasteiger partial charge in [0.05, 0.1) is 17.6 Å². The minimum absolute atomic E-state index is 0.350. The highest BCUT2D eigenvalue weighted by Gasteiger charge is 2.49. The summed E-state index contributed by atoms with van der Waals surface area (Å²) in [5, 5.41) is 16.9. The fourth-order valence-corrected chi connectivity index (χ4v) is 0.463. The third-order valence-electron chi connectivity index (χ3n) is 1.45. The normalized spacial score (nSPS) is 47.9. The van der Waals surface area contributed by atoms with Gasteiger partial charge in [0.25, 0.3) is 0 Å². The molecule has 7 heavy (non-hydrogen) atoms. The van der Waals surface area contributed by atoms with Gasteiger partial charge in [0.1, 0.15) is 0 Å². The van der Waals surface area contributed by atoms with Crippen molar-refractivity contribution < 1.29 is 5.11 Å². The van der Waals surface area contributed by atoms with E-state index in [1.165, 1.54) is 0 Å². The maximum atomic E-state index is 8.66. The Kier molecular flexibility index (Phi) is 0.650. The second kappa shape index (κ2) is 0.988. The molecule has 0 spiro atoms. The molecule has 0 aromatic heterocycles. The van der Waals surface area contributed by atoms with Crippen molar-refractivity contribution in [1.29, 1.82) is 5.26 Å². The number of aliphatic hydroxyl groups excluding tert-OH is 1. The summed E-state index contributed by atoms with van der Waals surface area (Å²) in [4.78, 5) is 0. The Hall–Kier alpha value is -0.550. The highest BCUT2D eigenvalue weighted by atomic mass is 16.3. The summed E-state index contributed by atoms with van der Waals surface area (Å²) < 4.78 is 0. The average Bonchev–Trinajstić information content (AvgIpc) is 2.18. The summed E-state index contributed by atoms with van der Waals surface area (Å²) in [6, 6.07) is 2.02. The van der Waals surface area contributed by atoms with E-state index in [1.54, 1.807) is 6.92 Å². The minimum Gasteiger partial charge on any atom is -0.391 e. The van der Waals surface area contributed by atoms with Gasteiger partial charge in [0.2, 0.25) is 0 Å². The number of rotatable bonds is 0. The maximum Gasteiger partial charge on any atom is 0.0829 e. The van der Waals surface area contributed by atoms with E-state index in [1.807, 2.05) is 6.07 Å². The van der Waals surface area contributed by atoms with E-state index in [4.69, 9.17) is 10.4 Å². The molecule has 0 aromatic carbocycles. The van der Waals surface area contributed by atoms with Crippen molar-refractivity contribution >= 4 is 0 Å². The highest BCUT2D eigenvalue weighted by Crippen LogP contribution is 2.44. The molecule has 1 saturated carbocycles. The lowest BCUT2D eigenvalue weighted by atomic mass is 10.2. The van der Waals surface area contributed by atoms with E-state index in [0.717, 1.165) is 0 Å². The van der Waals surface area contributed by atoms with Gasteiger partial charge >= 0.3 is 0 Å². The van der Waals surface area contributed by atoms with Crippen molar-refractivity contribution in [2.24, 2.45) is 5.41 Å². The zero-order chi connectivity index (χ0) is 5.49. The zero-order valence-corrected chi connectivity index (χ0v) is 4.18. The molecule has 0 aromatic rings. The van der Waals surface area contributed by atoms with E-state index in [9.17, 15) is 0 Å². The van der Waals surface area contributed by atoms with Gasteiger partial charge in [0.15, 0.2) is 0 Å². The number of aliphatic hydroxyl groups is 1. The Morgan fingerprint density at radius 2 is 2.43 bits per heavy atom. The lowest BCUT2D eigenvalue weighted by Crippen LogP contribution is -1.94. The quantitative estimate of drug-likeness (QED) is 0.472. The van der Waals surface area contributed by atoms with Crippen LogP contribution < -0.4 is 0 Å². The van der Waals surface area contributed by atoms with Crippen LogP contribution in [0.3, 0.4) is 0 Å². The highest BCUT2D eigenvalue weighted by molar-refractivity contribution is 5.13. The monoisotopic (exact) mass is 97.1 g/mol. The van der Waals surface area contributed by atoms with Crippen molar-refractivity contribution in [2.45, 2.75) is 19.4 Å². The van der Waals surface area contributed by atoms with E-state index in [0.29, 0.717) is 6.42 Å². The molecule has 38 valence electrons. The van der Waals surface area contributed by atoms with Crippen LogP contribution in [0.1, 0.15) is 13.3 Å². The molecule has 1 aliphatic rings. The van der Waals surface area contributed by atoms with Crippen LogP contribution in [0.25, 0.3) is 0 Å². The van der Waals surface area contributed by atoms with Gasteiger partial charge in [-0.2, -0.15) is 5.26 Å². The number of nitriles is 1. The summed E-state index contributed by atoms with van der Waals surface area (Å²) in [5.41, 5.74) is -0.389. The van der Waals surface area contributed by atoms with Crippen LogP contribution >= 0.6 is 0 Å². The summed E-state index contributed by atoms with van der Waals surface area (Å²) in [5.74, 6) is 0. The summed E-state index contributed by atoms with van der Waals surface area (Å²) >= 11 is 0. The van der Waals surface area contributed by atoms with Gasteiger partial charge in [-0.25, -0.2) is 0 Å². The lowest BCUT2D eigenvalue weighted by molar-refractivity contribution is 0.247. The molecule has 0 saturated heterocycles. The zero-order valence-electron chi connectivity index (χ0n) is 4.18. The maximum absolute atomic E-state index is 8.66. The molecule has 0 radical (unpaired) electrons. The number of hydrogen-bond donors (Lipinski definition) is 1. The molecule has 0 heterocycles. The van der Waals surface area contributed by atoms with Crippen molar-refractivity contribution in [3.63, 3.8) is 0 Å². The van der Waals surface area contributed by atoms with E-state index >= 15 is 0 Å². The third kappa shape index (κ3) is 0.495. The molecular formula is C5H7NO. The first-order valence-corrected chi connectivity index (χ1v) is 2.28. The molecule has 0 amide bonds. The Bertz CT molecular complexity index is 127. The third-order valence-corrected chi connectivity index (χ3v) is 1.45. The molecule has 1 fully saturated rings. The Morgan fingerprint density at radius 1 is 2.00 bits per heavy atom. The van der Waals surface area contributed by atoms with Crippen LogP contribution in [-0.4, -0.2) is 11.2 Å². The largest absolute Gasteiger partial charge is 0.391 e. The fourth-order valence-electron chi connectivity index (χ4n) is 0.463. The van der Waals surface area contributed by atoms with E-state index < -0.39 is 0 Å². The number of nitrogens with zero attached hydrogens (tertiary/aromatic N) is 1. The molecule has 1 rings (SSSR count). The molecule has 0 aliphatic heterocycles. The van der Waals surface area contributed by atoms with E-state index in [2.05, 4.69) is 0 Å². The summed E-state index contributed by atoms with van der Waals surface area (Å²) in [6.45, 7) is 1.76. The molecule has 1 aliphatic carbocycles. The van der Waals surface area contributed by atoms with Crippen molar-refractivity contribution in [3.8, 4) is 6.07 Å². The molecule has 2 unspecified atom stereocenters. The van der Waals surface area contributed by atoms with Gasteiger partial charge in [-0.05, 0) is 13.3 Å². The SMILES string of the molecule is CC1(C#N)CC1O. The number of hydrogen-bond acceptors (Lipinski definition) is 2. The smallest absolute Gasteiger partial charge is 0.0829 e. The standard InChI is InChI=1S/C5H7NO/c1-5(3-6)2-4(5)7/h4,7H,2H2,1H3. The topological polar surface area (TPSA) is 44.0 Å². The van der Waals surface area contributed by atoms with Crippen molar-refractivity contribution in [3.05, 3.63) is 0 Å². The average molecular weight is 97.1 g/mol. The molecule has 0 bridgehead atoms. The van der Waals surface area contributed by atoms with Crippen LogP contribution in [0.5, 0.6) is 0 Å². The van der Waals surface area contributed by atoms with Crippen LogP contribution in [0.2, 0.25) is 0 Å². The van der Waals surface area contributed by atoms with Gasteiger partial charge in [-0.15, -0.1) is 0 Å². The summed E-state index contributed by atoms with van der Waals surface area (Å²) in [7, 11) is 0. The second-order valence-corrected chi connectivity index (χ2v) is 2.25. The predicted octanol–water partition coefficient (Wildman–Crippen LogP) is 0.281. The Balaban J connectivity index is 2.57. The molecule has 2 atom stereocenters. The van der Waals surface area contributed by atoms with Crippen LogP contribution in [0.4, 0.5) is 0 Å². The van der Waals surface area contributed by atoms with Crippen LogP contribution in [0, 0.1) is 16.7 Å². The minimum atomic E-state index is -0.389. The lowest BCUT2D eigenvalue weighted by Gasteiger charge is -1.87. The van der Waals surface area contributed by atoms with Gasteiger partial charge in [-0.3, -0.25) is 0 Å². The second-order valence-electron chi connectivity index (χ2n) is 2.25. The van der Waals surface area contributed by atoms with Crippen LogP contribution in [-0.2, 0) is 0 Å². The van der Waals surface area contributed by atoms with Gasteiger partial charge in [-0.1, -0.05) is 0 Å². The summed E-state index contributed by atoms with van der Waals surface area (Å²) in [6.07, 6.45) is 0.307. The Morgan fingerprint density at radius 3 is 2.43 bits per heavy atom.